The Labute approximate surface area is 221 Å². The van der Waals surface area contributed by atoms with Crippen LogP contribution in [0.15, 0.2) is 30.6 Å². The van der Waals surface area contributed by atoms with E-state index < -0.39 is 24.8 Å². The third kappa shape index (κ3) is 3.66. The van der Waals surface area contributed by atoms with Gasteiger partial charge in [0.1, 0.15) is 22.4 Å². The molecule has 6 heterocycles. The summed E-state index contributed by atoms with van der Waals surface area (Å²) < 4.78 is 54.6. The summed E-state index contributed by atoms with van der Waals surface area (Å²) in [6.45, 7) is -0.0621. The zero-order valence-electron chi connectivity index (χ0n) is 24.1. The van der Waals surface area contributed by atoms with Crippen molar-refractivity contribution >= 4 is 28.0 Å². The van der Waals surface area contributed by atoms with Crippen molar-refractivity contribution in [2.75, 3.05) is 20.3 Å². The van der Waals surface area contributed by atoms with Crippen molar-refractivity contribution in [2.45, 2.75) is 25.8 Å². The number of fused-ring (bicyclic) bond motifs is 3. The van der Waals surface area contributed by atoms with Crippen LogP contribution in [0.5, 0.6) is 0 Å². The Balaban J connectivity index is 1.77. The quantitative estimate of drug-likeness (QED) is 0.324. The number of esters is 1. The zero-order valence-corrected chi connectivity index (χ0v) is 21.1. The lowest BCUT2D eigenvalue weighted by Gasteiger charge is -2.32. The van der Waals surface area contributed by atoms with E-state index in [1.807, 2.05) is 13.0 Å². The molecule has 1 fully saturated rings. The molecule has 12 heteroatoms. The van der Waals surface area contributed by atoms with E-state index in [1.165, 1.54) is 25.4 Å². The van der Waals surface area contributed by atoms with Crippen molar-refractivity contribution < 1.29 is 22.8 Å². The molecule has 0 bridgehead atoms. The van der Waals surface area contributed by atoms with Crippen LogP contribution in [0, 0.1) is 18.7 Å². The first-order chi connectivity index (χ1) is 19.6. The lowest BCUT2D eigenvalue weighted by Crippen LogP contribution is -2.28. The number of nitrogens with zero attached hydrogens (tertiary/aromatic N) is 8. The number of aryl methyl sites for hydroxylation is 3. The molecule has 0 amide bonds. The Hall–Kier alpha value is -4.19. The van der Waals surface area contributed by atoms with Gasteiger partial charge in [-0.15, -0.1) is 5.10 Å². The van der Waals surface area contributed by atoms with Crippen LogP contribution < -0.4 is 0 Å². The van der Waals surface area contributed by atoms with E-state index in [0.717, 1.165) is 5.69 Å². The van der Waals surface area contributed by atoms with Crippen molar-refractivity contribution in [1.29, 1.82) is 0 Å². The monoisotopic (exact) mass is 521 g/mol. The number of carbonyl (C=O) groups excluding carboxylic acids is 1. The predicted octanol–water partition coefficient (Wildman–Crippen LogP) is 3.36. The van der Waals surface area contributed by atoms with Crippen LogP contribution >= 0.6 is 0 Å². The van der Waals surface area contributed by atoms with Crippen LogP contribution in [-0.2, 0) is 23.5 Å². The predicted molar refractivity (Wildman–Crippen MR) is 136 cm³/mol. The number of hydrogen-bond donors (Lipinski definition) is 0. The Morgan fingerprint density at radius 3 is 2.76 bits per heavy atom. The second-order valence-corrected chi connectivity index (χ2v) is 9.32. The molecule has 1 aliphatic rings. The number of ether oxygens (including phenoxy) is 2. The maximum Gasteiger partial charge on any atom is 0.358 e. The average molecular weight is 522 g/mol. The summed E-state index contributed by atoms with van der Waals surface area (Å²) in [6.07, 6.45) is 4.30. The van der Waals surface area contributed by atoms with Gasteiger partial charge in [-0.1, -0.05) is 5.21 Å². The normalized spacial score (nSPS) is 16.9. The van der Waals surface area contributed by atoms with Gasteiger partial charge in [0.15, 0.2) is 5.69 Å². The number of aromatic nitrogens is 8. The van der Waals surface area contributed by atoms with E-state index in [-0.39, 0.29) is 28.3 Å². The standard InChI is InChI=1S/C26H27FN8O3/c1-14-22(34(3)32-30-14)16-12-18-20(29-13-16)21-24(25(26(36)37-4)33(2)31-21)35(18)23(15-7-10-38-11-8-15)19-17(27)6-5-9-28-19/h5-6,9,12-13,15,23H,7-8,10-11H2,1-4H3/i2D3. The van der Waals surface area contributed by atoms with Crippen LogP contribution in [0.3, 0.4) is 0 Å². The summed E-state index contributed by atoms with van der Waals surface area (Å²) in [5.74, 6) is -1.60. The second kappa shape index (κ2) is 9.28. The SMILES string of the molecule is [2H]C([2H])([2H])n1nc2c3ncc(-c4c(C)nnn4C)cc3n(C(c3ncccc3F)C3CCOCC3)c2c1C(=O)OC. The summed E-state index contributed by atoms with van der Waals surface area (Å²) in [7, 11) is 2.93. The highest BCUT2D eigenvalue weighted by Crippen LogP contribution is 2.42. The van der Waals surface area contributed by atoms with Gasteiger partial charge in [0, 0.05) is 49.3 Å². The van der Waals surface area contributed by atoms with E-state index >= 15 is 4.39 Å². The molecular formula is C26H27FN8O3. The first kappa shape index (κ1) is 20.8. The van der Waals surface area contributed by atoms with Gasteiger partial charge in [-0.05, 0) is 43.9 Å². The molecule has 0 aliphatic carbocycles. The number of pyridine rings is 2. The Kier molecular flexibility index (Phi) is 5.09. The van der Waals surface area contributed by atoms with Gasteiger partial charge < -0.3 is 14.0 Å². The van der Waals surface area contributed by atoms with Crippen molar-refractivity contribution in [2.24, 2.45) is 19.9 Å². The minimum absolute atomic E-state index is 0.152. The molecule has 1 atom stereocenters. The van der Waals surface area contributed by atoms with Gasteiger partial charge >= 0.3 is 5.97 Å². The number of halogens is 1. The molecule has 1 saturated heterocycles. The van der Waals surface area contributed by atoms with Gasteiger partial charge in [-0.3, -0.25) is 14.6 Å². The third-order valence-corrected chi connectivity index (χ3v) is 7.16. The minimum Gasteiger partial charge on any atom is -0.464 e. The Morgan fingerprint density at radius 2 is 2.08 bits per heavy atom. The molecule has 0 radical (unpaired) electrons. The van der Waals surface area contributed by atoms with Crippen LogP contribution in [-0.4, -0.2) is 65.6 Å². The first-order valence-corrected chi connectivity index (χ1v) is 12.2. The summed E-state index contributed by atoms with van der Waals surface area (Å²) in [4.78, 5) is 22.4. The molecule has 1 aliphatic heterocycles. The highest BCUT2D eigenvalue weighted by atomic mass is 19.1. The number of rotatable bonds is 5. The average Bonchev–Trinajstić information content (AvgIpc) is 3.60. The van der Waals surface area contributed by atoms with E-state index in [0.29, 0.717) is 53.0 Å². The summed E-state index contributed by atoms with van der Waals surface area (Å²) in [6, 6.07) is 3.94. The number of methoxy groups -OCH3 is 1. The molecule has 196 valence electrons. The van der Waals surface area contributed by atoms with Gasteiger partial charge in [-0.2, -0.15) is 5.10 Å². The number of carbonyl (C=O) groups is 1. The summed E-state index contributed by atoms with van der Waals surface area (Å²) in [5.41, 5.74) is 3.16. The highest BCUT2D eigenvalue weighted by molar-refractivity contribution is 6.11. The molecule has 11 nitrogen and oxygen atoms in total. The largest absolute Gasteiger partial charge is 0.464 e. The lowest BCUT2D eigenvalue weighted by atomic mass is 9.88. The van der Waals surface area contributed by atoms with Crippen LogP contribution in [0.2, 0.25) is 0 Å². The molecule has 0 spiro atoms. The third-order valence-electron chi connectivity index (χ3n) is 7.16. The highest BCUT2D eigenvalue weighted by Gasteiger charge is 2.36. The topological polar surface area (TPSA) is 115 Å². The fraction of sp³-hybridized carbons (Fsp3) is 0.385. The van der Waals surface area contributed by atoms with Crippen LogP contribution in [0.1, 0.15) is 44.9 Å². The smallest absolute Gasteiger partial charge is 0.358 e. The van der Waals surface area contributed by atoms with Gasteiger partial charge in [-0.25, -0.2) is 13.9 Å². The fourth-order valence-corrected chi connectivity index (χ4v) is 5.50. The number of hydrogen-bond acceptors (Lipinski definition) is 8. The van der Waals surface area contributed by atoms with Crippen LogP contribution in [0.25, 0.3) is 33.3 Å². The summed E-state index contributed by atoms with van der Waals surface area (Å²) in [5, 5.41) is 12.6. The van der Waals surface area contributed by atoms with E-state index in [1.54, 1.807) is 22.5 Å². The molecule has 5 aromatic rings. The maximum absolute atomic E-state index is 15.6. The molecule has 0 aromatic carbocycles. The lowest BCUT2D eigenvalue weighted by molar-refractivity contribution is 0.0538. The molecule has 0 N–H and O–H groups in total. The maximum atomic E-state index is 15.6. The molecule has 38 heavy (non-hydrogen) atoms. The molecular weight excluding hydrogens is 491 g/mol. The van der Waals surface area contributed by atoms with Crippen molar-refractivity contribution in [3.05, 3.63) is 53.5 Å². The van der Waals surface area contributed by atoms with Gasteiger partial charge in [0.05, 0.1) is 35.8 Å². The molecule has 0 saturated carbocycles. The molecule has 5 aromatic heterocycles. The fourth-order valence-electron chi connectivity index (χ4n) is 5.50. The molecule has 1 unspecified atom stereocenters. The van der Waals surface area contributed by atoms with Gasteiger partial charge in [0.2, 0.25) is 0 Å². The van der Waals surface area contributed by atoms with Crippen molar-refractivity contribution in [3.8, 4) is 11.3 Å². The van der Waals surface area contributed by atoms with Gasteiger partial charge in [0.25, 0.3) is 0 Å². The van der Waals surface area contributed by atoms with Crippen molar-refractivity contribution in [1.82, 2.24) is 39.3 Å². The van der Waals surface area contributed by atoms with Crippen LogP contribution in [0.4, 0.5) is 4.39 Å². The Bertz CT molecular complexity index is 1770. The molecule has 6 rings (SSSR count). The zero-order chi connectivity index (χ0) is 29.1. The van der Waals surface area contributed by atoms with Crippen molar-refractivity contribution in [3.63, 3.8) is 0 Å². The Morgan fingerprint density at radius 1 is 1.26 bits per heavy atom. The first-order valence-electron chi connectivity index (χ1n) is 13.7. The van der Waals surface area contributed by atoms with E-state index in [9.17, 15) is 4.79 Å². The van der Waals surface area contributed by atoms with E-state index in [4.69, 9.17) is 18.6 Å². The second-order valence-electron chi connectivity index (χ2n) is 9.32. The summed E-state index contributed by atoms with van der Waals surface area (Å²) >= 11 is 0. The minimum atomic E-state index is -2.80. The van der Waals surface area contributed by atoms with E-state index in [2.05, 4.69) is 20.4 Å².